The van der Waals surface area contributed by atoms with Crippen molar-refractivity contribution in [2.75, 3.05) is 11.9 Å². The van der Waals surface area contributed by atoms with Gasteiger partial charge >= 0.3 is 18.1 Å². The third kappa shape index (κ3) is 7.06. The Labute approximate surface area is 141 Å². The number of esters is 2. The lowest BCUT2D eigenvalue weighted by Crippen LogP contribution is -2.29. The van der Waals surface area contributed by atoms with E-state index in [1.54, 1.807) is 6.92 Å². The summed E-state index contributed by atoms with van der Waals surface area (Å²) >= 11 is 0. The molecule has 0 aliphatic rings. The van der Waals surface area contributed by atoms with Gasteiger partial charge in [-0.2, -0.15) is 13.2 Å². The van der Waals surface area contributed by atoms with E-state index in [-0.39, 0.29) is 12.3 Å². The molecule has 1 rings (SSSR count). The van der Waals surface area contributed by atoms with Crippen molar-refractivity contribution >= 4 is 23.5 Å². The minimum Gasteiger partial charge on any atom is -0.463 e. The second-order valence-corrected chi connectivity index (χ2v) is 4.73. The lowest BCUT2D eigenvalue weighted by Gasteiger charge is -2.13. The maximum Gasteiger partial charge on any atom is 0.416 e. The van der Waals surface area contributed by atoms with E-state index >= 15 is 0 Å². The first-order chi connectivity index (χ1) is 11.6. The summed E-state index contributed by atoms with van der Waals surface area (Å²) in [5, 5.41) is 2.31. The highest BCUT2D eigenvalue weighted by Gasteiger charge is 2.30. The van der Waals surface area contributed by atoms with Crippen molar-refractivity contribution in [3.05, 3.63) is 42.0 Å². The van der Waals surface area contributed by atoms with Gasteiger partial charge in [-0.3, -0.25) is 4.79 Å². The highest BCUT2D eigenvalue weighted by molar-refractivity contribution is 5.97. The number of benzene rings is 1. The summed E-state index contributed by atoms with van der Waals surface area (Å²) in [6.45, 7) is 3.01. The van der Waals surface area contributed by atoms with Crippen LogP contribution in [-0.2, 0) is 30.0 Å². The Morgan fingerprint density at radius 2 is 1.68 bits per heavy atom. The topological polar surface area (TPSA) is 81.7 Å². The van der Waals surface area contributed by atoms with Gasteiger partial charge in [0.1, 0.15) is 0 Å². The van der Waals surface area contributed by atoms with Crippen LogP contribution >= 0.6 is 0 Å². The normalized spacial score (nSPS) is 12.5. The standard InChI is InChI=1S/C16H16F3NO5/c1-3-24-13(21)8-9-14(22)25-10(2)15(23)20-12-6-4-11(5-7-12)16(17,18)19/h4-10H,3H2,1-2H3,(H,20,23)/b9-8+/t10-/m1/s1. The van der Waals surface area contributed by atoms with Crippen LogP contribution in [0.1, 0.15) is 19.4 Å². The molecule has 1 amide bonds. The van der Waals surface area contributed by atoms with Gasteiger partial charge in [0.05, 0.1) is 12.2 Å². The molecule has 0 heterocycles. The monoisotopic (exact) mass is 359 g/mol. The average molecular weight is 359 g/mol. The Bertz CT molecular complexity index is 653. The fourth-order valence-corrected chi connectivity index (χ4v) is 1.58. The molecule has 0 radical (unpaired) electrons. The number of halogens is 3. The molecular formula is C16H16F3NO5. The minimum absolute atomic E-state index is 0.114. The summed E-state index contributed by atoms with van der Waals surface area (Å²) in [4.78, 5) is 34.3. The average Bonchev–Trinajstić information content (AvgIpc) is 2.52. The van der Waals surface area contributed by atoms with Crippen LogP contribution in [0, 0.1) is 0 Å². The molecular weight excluding hydrogens is 343 g/mol. The van der Waals surface area contributed by atoms with Gasteiger partial charge in [0.2, 0.25) is 0 Å². The first-order valence-electron chi connectivity index (χ1n) is 7.17. The van der Waals surface area contributed by atoms with E-state index in [0.29, 0.717) is 0 Å². The molecule has 0 spiro atoms. The van der Waals surface area contributed by atoms with Crippen molar-refractivity contribution in [2.45, 2.75) is 26.1 Å². The molecule has 25 heavy (non-hydrogen) atoms. The largest absolute Gasteiger partial charge is 0.463 e. The number of amides is 1. The summed E-state index contributed by atoms with van der Waals surface area (Å²) in [5.74, 6) is -2.41. The van der Waals surface area contributed by atoms with Gasteiger partial charge in [0.25, 0.3) is 5.91 Å². The third-order valence-corrected chi connectivity index (χ3v) is 2.78. The summed E-state index contributed by atoms with van der Waals surface area (Å²) in [7, 11) is 0. The van der Waals surface area contributed by atoms with Crippen LogP contribution in [0.2, 0.25) is 0 Å². The molecule has 9 heteroatoms. The lowest BCUT2D eigenvalue weighted by molar-refractivity contribution is -0.148. The lowest BCUT2D eigenvalue weighted by atomic mass is 10.2. The van der Waals surface area contributed by atoms with E-state index in [2.05, 4.69) is 10.1 Å². The van der Waals surface area contributed by atoms with Gasteiger partial charge in [-0.25, -0.2) is 9.59 Å². The highest BCUT2D eigenvalue weighted by Crippen LogP contribution is 2.29. The van der Waals surface area contributed by atoms with Gasteiger partial charge in [0, 0.05) is 17.8 Å². The maximum absolute atomic E-state index is 12.4. The maximum atomic E-state index is 12.4. The van der Waals surface area contributed by atoms with E-state index in [1.807, 2.05) is 0 Å². The zero-order chi connectivity index (χ0) is 19.0. The van der Waals surface area contributed by atoms with Crippen LogP contribution in [0.5, 0.6) is 0 Å². The van der Waals surface area contributed by atoms with E-state index < -0.39 is 35.7 Å². The predicted molar refractivity (Wildman–Crippen MR) is 81.4 cm³/mol. The second-order valence-electron chi connectivity index (χ2n) is 4.73. The molecule has 0 bridgehead atoms. The van der Waals surface area contributed by atoms with Gasteiger partial charge in [-0.1, -0.05) is 0 Å². The van der Waals surface area contributed by atoms with Crippen molar-refractivity contribution in [2.24, 2.45) is 0 Å². The van der Waals surface area contributed by atoms with Crippen LogP contribution in [0.4, 0.5) is 18.9 Å². The van der Waals surface area contributed by atoms with Crippen molar-refractivity contribution in [3.8, 4) is 0 Å². The second kappa shape index (κ2) is 8.86. The van der Waals surface area contributed by atoms with Gasteiger partial charge in [-0.15, -0.1) is 0 Å². The predicted octanol–water partition coefficient (Wildman–Crippen LogP) is 2.69. The fourth-order valence-electron chi connectivity index (χ4n) is 1.58. The number of nitrogens with one attached hydrogen (secondary N) is 1. The first-order valence-corrected chi connectivity index (χ1v) is 7.17. The zero-order valence-corrected chi connectivity index (χ0v) is 13.4. The number of ether oxygens (including phenoxy) is 2. The molecule has 0 saturated carbocycles. The molecule has 0 unspecified atom stereocenters. The first kappa shape index (κ1) is 20.2. The summed E-state index contributed by atoms with van der Waals surface area (Å²) in [6, 6.07) is 3.79. The number of alkyl halides is 3. The molecule has 136 valence electrons. The fraction of sp³-hybridized carbons (Fsp3) is 0.312. The molecule has 0 aliphatic heterocycles. The smallest absolute Gasteiger partial charge is 0.416 e. The summed E-state index contributed by atoms with van der Waals surface area (Å²) in [5.41, 5.74) is -0.739. The quantitative estimate of drug-likeness (QED) is 0.624. The number of anilines is 1. The van der Waals surface area contributed by atoms with Crippen molar-refractivity contribution in [3.63, 3.8) is 0 Å². The SMILES string of the molecule is CCOC(=O)/C=C/C(=O)O[C@H](C)C(=O)Nc1ccc(C(F)(F)F)cc1. The molecule has 6 nitrogen and oxygen atoms in total. The van der Waals surface area contributed by atoms with Gasteiger partial charge in [-0.05, 0) is 38.1 Å². The van der Waals surface area contributed by atoms with E-state index in [1.165, 1.54) is 6.92 Å². The summed E-state index contributed by atoms with van der Waals surface area (Å²) < 4.78 is 46.7. The van der Waals surface area contributed by atoms with Crippen LogP contribution < -0.4 is 5.32 Å². The van der Waals surface area contributed by atoms with Crippen LogP contribution in [0.25, 0.3) is 0 Å². The Morgan fingerprint density at radius 3 is 2.20 bits per heavy atom. The minimum atomic E-state index is -4.48. The molecule has 0 aliphatic carbocycles. The van der Waals surface area contributed by atoms with Crippen LogP contribution in [0.3, 0.4) is 0 Å². The molecule has 1 aromatic rings. The van der Waals surface area contributed by atoms with E-state index in [0.717, 1.165) is 36.4 Å². The van der Waals surface area contributed by atoms with Crippen molar-refractivity contribution < 1.29 is 37.0 Å². The van der Waals surface area contributed by atoms with E-state index in [9.17, 15) is 27.6 Å². The molecule has 0 aromatic heterocycles. The molecule has 0 saturated heterocycles. The zero-order valence-electron chi connectivity index (χ0n) is 13.4. The van der Waals surface area contributed by atoms with E-state index in [4.69, 9.17) is 4.74 Å². The Kier molecular flexibility index (Phi) is 7.16. The molecule has 1 atom stereocenters. The Balaban J connectivity index is 2.56. The number of carbonyl (C=O) groups excluding carboxylic acids is 3. The highest BCUT2D eigenvalue weighted by atomic mass is 19.4. The number of rotatable bonds is 6. The molecule has 1 aromatic carbocycles. The van der Waals surface area contributed by atoms with Gasteiger partial charge in [0.15, 0.2) is 6.10 Å². The Hall–Kier alpha value is -2.84. The van der Waals surface area contributed by atoms with Crippen LogP contribution in [0.15, 0.2) is 36.4 Å². The van der Waals surface area contributed by atoms with Crippen molar-refractivity contribution in [1.29, 1.82) is 0 Å². The van der Waals surface area contributed by atoms with Crippen molar-refractivity contribution in [1.82, 2.24) is 0 Å². The molecule has 1 N–H and O–H groups in total. The summed E-state index contributed by atoms with van der Waals surface area (Å²) in [6.07, 6.45) is -4.04. The number of hydrogen-bond acceptors (Lipinski definition) is 5. The van der Waals surface area contributed by atoms with Crippen LogP contribution in [-0.4, -0.2) is 30.6 Å². The third-order valence-electron chi connectivity index (χ3n) is 2.78. The number of carbonyl (C=O) groups is 3. The molecule has 0 fully saturated rings. The Morgan fingerprint density at radius 1 is 1.12 bits per heavy atom. The van der Waals surface area contributed by atoms with Gasteiger partial charge < -0.3 is 14.8 Å². The number of hydrogen-bond donors (Lipinski definition) is 1.